The van der Waals surface area contributed by atoms with Crippen molar-refractivity contribution in [1.82, 2.24) is 15.5 Å². The molecule has 0 aliphatic rings. The Balaban J connectivity index is 2.45. The average molecular weight is 326 g/mol. The number of nitrogens with one attached hydrogen (secondary N) is 2. The van der Waals surface area contributed by atoms with Crippen molar-refractivity contribution >= 4 is 23.4 Å². The van der Waals surface area contributed by atoms with Crippen LogP contribution in [0.2, 0.25) is 5.02 Å². The first-order chi connectivity index (χ1) is 10.3. The zero-order valence-electron chi connectivity index (χ0n) is 13.5. The molecule has 0 fully saturated rings. The average Bonchev–Trinajstić information content (AvgIpc) is 2.37. The van der Waals surface area contributed by atoms with Crippen molar-refractivity contribution in [3.05, 3.63) is 34.9 Å². The minimum Gasteiger partial charge on any atom is -0.353 e. The largest absolute Gasteiger partial charge is 0.353 e. The van der Waals surface area contributed by atoms with E-state index in [1.165, 1.54) is 0 Å². The Morgan fingerprint density at radius 1 is 1.09 bits per heavy atom. The van der Waals surface area contributed by atoms with Gasteiger partial charge in [-0.25, -0.2) is 0 Å². The second-order valence-electron chi connectivity index (χ2n) is 5.71. The SMILES string of the molecule is CC(C)NC(=O)CN(C)CC(=O)N[C@H](C)c1ccccc1Cl. The van der Waals surface area contributed by atoms with Gasteiger partial charge in [0.2, 0.25) is 11.8 Å². The number of carbonyl (C=O) groups excluding carboxylic acids is 2. The van der Waals surface area contributed by atoms with E-state index in [1.807, 2.05) is 39.0 Å². The summed E-state index contributed by atoms with van der Waals surface area (Å²) in [5, 5.41) is 6.30. The second kappa shape index (κ2) is 8.76. The molecule has 6 heteroatoms. The highest BCUT2D eigenvalue weighted by molar-refractivity contribution is 6.31. The predicted octanol–water partition coefficient (Wildman–Crippen LogP) is 1.97. The fourth-order valence-electron chi connectivity index (χ4n) is 2.10. The summed E-state index contributed by atoms with van der Waals surface area (Å²) in [4.78, 5) is 25.3. The molecule has 0 spiro atoms. The van der Waals surface area contributed by atoms with Gasteiger partial charge in [0.05, 0.1) is 19.1 Å². The van der Waals surface area contributed by atoms with Crippen LogP contribution in [0.5, 0.6) is 0 Å². The maximum absolute atomic E-state index is 12.0. The van der Waals surface area contributed by atoms with Crippen LogP contribution in [0.15, 0.2) is 24.3 Å². The van der Waals surface area contributed by atoms with Gasteiger partial charge in [-0.15, -0.1) is 0 Å². The highest BCUT2D eigenvalue weighted by atomic mass is 35.5. The van der Waals surface area contributed by atoms with Crippen LogP contribution >= 0.6 is 11.6 Å². The minimum absolute atomic E-state index is 0.0926. The van der Waals surface area contributed by atoms with Gasteiger partial charge in [-0.1, -0.05) is 29.8 Å². The van der Waals surface area contributed by atoms with Crippen LogP contribution in [0.4, 0.5) is 0 Å². The molecule has 0 heterocycles. The molecule has 2 N–H and O–H groups in total. The number of hydrogen-bond acceptors (Lipinski definition) is 3. The van der Waals surface area contributed by atoms with Crippen molar-refractivity contribution in [2.75, 3.05) is 20.1 Å². The third-order valence-electron chi connectivity index (χ3n) is 3.03. The molecule has 0 saturated heterocycles. The monoisotopic (exact) mass is 325 g/mol. The van der Waals surface area contributed by atoms with Gasteiger partial charge < -0.3 is 10.6 Å². The van der Waals surface area contributed by atoms with Crippen LogP contribution < -0.4 is 10.6 Å². The third kappa shape index (κ3) is 6.45. The zero-order chi connectivity index (χ0) is 16.7. The summed E-state index contributed by atoms with van der Waals surface area (Å²) >= 11 is 6.11. The first-order valence-electron chi connectivity index (χ1n) is 7.31. The van der Waals surface area contributed by atoms with Crippen molar-refractivity contribution in [3.8, 4) is 0 Å². The van der Waals surface area contributed by atoms with Crippen molar-refractivity contribution in [2.45, 2.75) is 32.9 Å². The first kappa shape index (κ1) is 18.5. The minimum atomic E-state index is -0.181. The molecule has 0 aliphatic heterocycles. The van der Waals surface area contributed by atoms with E-state index in [4.69, 9.17) is 11.6 Å². The van der Waals surface area contributed by atoms with Gasteiger partial charge in [-0.2, -0.15) is 0 Å². The molecular formula is C16H24ClN3O2. The number of amides is 2. The van der Waals surface area contributed by atoms with Gasteiger partial charge in [-0.3, -0.25) is 14.5 Å². The summed E-state index contributed by atoms with van der Waals surface area (Å²) < 4.78 is 0. The summed E-state index contributed by atoms with van der Waals surface area (Å²) in [7, 11) is 1.74. The smallest absolute Gasteiger partial charge is 0.234 e. The highest BCUT2D eigenvalue weighted by Gasteiger charge is 2.15. The van der Waals surface area contributed by atoms with E-state index in [2.05, 4.69) is 10.6 Å². The molecule has 1 rings (SSSR count). The molecule has 122 valence electrons. The van der Waals surface area contributed by atoms with Crippen LogP contribution in [-0.4, -0.2) is 42.9 Å². The number of benzene rings is 1. The maximum atomic E-state index is 12.0. The lowest BCUT2D eigenvalue weighted by molar-refractivity contribution is -0.125. The predicted molar refractivity (Wildman–Crippen MR) is 88.8 cm³/mol. The fourth-order valence-corrected chi connectivity index (χ4v) is 2.40. The number of likely N-dealkylation sites (N-methyl/N-ethyl adjacent to an activating group) is 1. The van der Waals surface area contributed by atoms with Crippen molar-refractivity contribution in [1.29, 1.82) is 0 Å². The molecule has 0 aromatic heterocycles. The number of hydrogen-bond donors (Lipinski definition) is 2. The molecule has 0 radical (unpaired) electrons. The molecule has 1 aromatic rings. The van der Waals surface area contributed by atoms with E-state index in [9.17, 15) is 9.59 Å². The van der Waals surface area contributed by atoms with Crippen LogP contribution in [0.1, 0.15) is 32.4 Å². The molecular weight excluding hydrogens is 302 g/mol. The fraction of sp³-hybridized carbons (Fsp3) is 0.500. The lowest BCUT2D eigenvalue weighted by atomic mass is 10.1. The number of halogens is 1. The van der Waals surface area contributed by atoms with Crippen LogP contribution in [0.25, 0.3) is 0 Å². The molecule has 0 bridgehead atoms. The Hall–Kier alpha value is -1.59. The normalized spacial score (nSPS) is 12.3. The Kier molecular flexibility index (Phi) is 7.35. The summed E-state index contributed by atoms with van der Waals surface area (Å²) in [6.45, 7) is 6.02. The third-order valence-corrected chi connectivity index (χ3v) is 3.37. The maximum Gasteiger partial charge on any atom is 0.234 e. The molecule has 5 nitrogen and oxygen atoms in total. The number of rotatable bonds is 7. The molecule has 1 atom stereocenters. The standard InChI is InChI=1S/C16H24ClN3O2/c1-11(2)18-15(21)9-20(4)10-16(22)19-12(3)13-7-5-6-8-14(13)17/h5-8,11-12H,9-10H2,1-4H3,(H,18,21)(H,19,22)/t12-/m1/s1. The first-order valence-corrected chi connectivity index (χ1v) is 7.69. The van der Waals surface area contributed by atoms with E-state index in [-0.39, 0.29) is 37.0 Å². The van der Waals surface area contributed by atoms with E-state index < -0.39 is 0 Å². The second-order valence-corrected chi connectivity index (χ2v) is 6.11. The Bertz CT molecular complexity index is 520. The molecule has 0 unspecified atom stereocenters. The van der Waals surface area contributed by atoms with Gasteiger partial charge in [0, 0.05) is 11.1 Å². The van der Waals surface area contributed by atoms with Gasteiger partial charge in [0.1, 0.15) is 0 Å². The van der Waals surface area contributed by atoms with Crippen molar-refractivity contribution in [2.24, 2.45) is 0 Å². The zero-order valence-corrected chi connectivity index (χ0v) is 14.3. The number of carbonyl (C=O) groups is 2. The summed E-state index contributed by atoms with van der Waals surface area (Å²) in [5.74, 6) is -0.239. The van der Waals surface area contributed by atoms with Crippen LogP contribution in [0, 0.1) is 0 Å². The summed E-state index contributed by atoms with van der Waals surface area (Å²) in [5.41, 5.74) is 0.873. The Morgan fingerprint density at radius 2 is 1.64 bits per heavy atom. The topological polar surface area (TPSA) is 61.4 Å². The lowest BCUT2D eigenvalue weighted by Gasteiger charge is -2.20. The van der Waals surface area contributed by atoms with E-state index in [0.29, 0.717) is 5.02 Å². The number of nitrogens with zero attached hydrogens (tertiary/aromatic N) is 1. The van der Waals surface area contributed by atoms with E-state index in [0.717, 1.165) is 5.56 Å². The van der Waals surface area contributed by atoms with Crippen LogP contribution in [-0.2, 0) is 9.59 Å². The van der Waals surface area contributed by atoms with Gasteiger partial charge in [0.15, 0.2) is 0 Å². The summed E-state index contributed by atoms with van der Waals surface area (Å²) in [6, 6.07) is 7.32. The van der Waals surface area contributed by atoms with Gasteiger partial charge in [-0.05, 0) is 39.4 Å². The highest BCUT2D eigenvalue weighted by Crippen LogP contribution is 2.21. The molecule has 2 amide bonds. The lowest BCUT2D eigenvalue weighted by Crippen LogP contribution is -2.42. The molecule has 1 aromatic carbocycles. The van der Waals surface area contributed by atoms with Crippen molar-refractivity contribution < 1.29 is 9.59 Å². The van der Waals surface area contributed by atoms with Gasteiger partial charge >= 0.3 is 0 Å². The molecule has 0 aliphatic carbocycles. The van der Waals surface area contributed by atoms with E-state index >= 15 is 0 Å². The van der Waals surface area contributed by atoms with E-state index in [1.54, 1.807) is 18.0 Å². The Morgan fingerprint density at radius 3 is 2.18 bits per heavy atom. The summed E-state index contributed by atoms with van der Waals surface area (Å²) in [6.07, 6.45) is 0. The quantitative estimate of drug-likeness (QED) is 0.805. The molecule has 22 heavy (non-hydrogen) atoms. The van der Waals surface area contributed by atoms with Crippen molar-refractivity contribution in [3.63, 3.8) is 0 Å². The van der Waals surface area contributed by atoms with Gasteiger partial charge in [0.25, 0.3) is 0 Å². The van der Waals surface area contributed by atoms with Crippen LogP contribution in [0.3, 0.4) is 0 Å². The molecule has 0 saturated carbocycles. The Labute approximate surface area is 137 Å².